The van der Waals surface area contributed by atoms with Gasteiger partial charge < -0.3 is 5.73 Å². The zero-order chi connectivity index (χ0) is 9.97. The van der Waals surface area contributed by atoms with Crippen molar-refractivity contribution in [3.05, 3.63) is 36.3 Å². The van der Waals surface area contributed by atoms with Crippen LogP contribution in [-0.2, 0) is 0 Å². The number of nitrogen functional groups attached to an aromatic ring is 1. The Morgan fingerprint density at radius 1 is 1.43 bits per heavy atom. The van der Waals surface area contributed by atoms with Crippen molar-refractivity contribution in [2.45, 2.75) is 0 Å². The molecule has 0 amide bonds. The number of aromatic amines is 1. The molecule has 2 heterocycles. The molecule has 14 heavy (non-hydrogen) atoms. The number of H-pyrrole nitrogens is 1. The summed E-state index contributed by atoms with van der Waals surface area (Å²) in [4.78, 5) is 3.98. The summed E-state index contributed by atoms with van der Waals surface area (Å²) in [6, 6.07) is 3.70. The smallest absolute Gasteiger partial charge is 0.126 e. The van der Waals surface area contributed by atoms with Crippen molar-refractivity contribution >= 4 is 5.84 Å². The van der Waals surface area contributed by atoms with Crippen LogP contribution < -0.4 is 5.73 Å². The van der Waals surface area contributed by atoms with Gasteiger partial charge in [-0.2, -0.15) is 5.10 Å². The molecule has 0 radical (unpaired) electrons. The molecule has 70 valence electrons. The van der Waals surface area contributed by atoms with Gasteiger partial charge in [-0.1, -0.05) is 0 Å². The van der Waals surface area contributed by atoms with Crippen LogP contribution in [0, 0.1) is 5.41 Å². The van der Waals surface area contributed by atoms with Crippen LogP contribution >= 0.6 is 0 Å². The monoisotopic (exact) mass is 187 g/mol. The average molecular weight is 187 g/mol. The quantitative estimate of drug-likeness (QED) is 0.478. The number of nitrogens with one attached hydrogen (secondary N) is 2. The van der Waals surface area contributed by atoms with E-state index in [1.807, 2.05) is 12.1 Å². The van der Waals surface area contributed by atoms with E-state index < -0.39 is 0 Å². The first kappa shape index (κ1) is 8.43. The fourth-order valence-electron chi connectivity index (χ4n) is 1.22. The zero-order valence-corrected chi connectivity index (χ0v) is 7.36. The van der Waals surface area contributed by atoms with Crippen LogP contribution in [0.5, 0.6) is 0 Å². The van der Waals surface area contributed by atoms with Crippen LogP contribution in [0.4, 0.5) is 0 Å². The highest BCUT2D eigenvalue weighted by molar-refractivity contribution is 6.00. The normalized spacial score (nSPS) is 10.0. The Balaban J connectivity index is 2.52. The number of nitrogens with zero attached hydrogens (tertiary/aromatic N) is 2. The zero-order valence-electron chi connectivity index (χ0n) is 7.36. The Hall–Kier alpha value is -2.17. The van der Waals surface area contributed by atoms with E-state index in [9.17, 15) is 0 Å². The Morgan fingerprint density at radius 2 is 2.29 bits per heavy atom. The second-order valence-electron chi connectivity index (χ2n) is 2.81. The van der Waals surface area contributed by atoms with Gasteiger partial charge >= 0.3 is 0 Å². The Labute approximate surface area is 80.5 Å². The first-order chi connectivity index (χ1) is 6.79. The van der Waals surface area contributed by atoms with Crippen molar-refractivity contribution in [1.82, 2.24) is 15.2 Å². The average Bonchev–Trinajstić information content (AvgIpc) is 2.67. The minimum Gasteiger partial charge on any atom is -0.384 e. The summed E-state index contributed by atoms with van der Waals surface area (Å²) < 4.78 is 0. The fraction of sp³-hybridized carbons (Fsp3) is 0. The lowest BCUT2D eigenvalue weighted by molar-refractivity contribution is 1.09. The van der Waals surface area contributed by atoms with Crippen LogP contribution in [-0.4, -0.2) is 21.0 Å². The largest absolute Gasteiger partial charge is 0.384 e. The lowest BCUT2D eigenvalue weighted by Crippen LogP contribution is -2.11. The Morgan fingerprint density at radius 3 is 2.93 bits per heavy atom. The number of rotatable bonds is 2. The molecule has 0 spiro atoms. The number of hydrogen-bond acceptors (Lipinski definition) is 3. The lowest BCUT2D eigenvalue weighted by atomic mass is 10.1. The summed E-state index contributed by atoms with van der Waals surface area (Å²) >= 11 is 0. The third kappa shape index (κ3) is 1.35. The van der Waals surface area contributed by atoms with Crippen LogP contribution in [0.1, 0.15) is 5.56 Å². The summed E-state index contributed by atoms with van der Waals surface area (Å²) in [5.74, 6) is -0.00222. The molecule has 5 heteroatoms. The third-order valence-corrected chi connectivity index (χ3v) is 1.88. The SMILES string of the molecule is N=C(N)c1cn[nH]c1-c1cccnc1. The van der Waals surface area contributed by atoms with E-state index in [0.717, 1.165) is 11.3 Å². The van der Waals surface area contributed by atoms with Gasteiger partial charge in [-0.25, -0.2) is 0 Å². The summed E-state index contributed by atoms with van der Waals surface area (Å²) in [6.45, 7) is 0. The summed E-state index contributed by atoms with van der Waals surface area (Å²) in [7, 11) is 0. The van der Waals surface area contributed by atoms with E-state index in [4.69, 9.17) is 11.1 Å². The van der Waals surface area contributed by atoms with Crippen LogP contribution in [0.15, 0.2) is 30.7 Å². The molecule has 0 aliphatic heterocycles. The first-order valence-corrected chi connectivity index (χ1v) is 4.07. The molecule has 0 saturated heterocycles. The maximum absolute atomic E-state index is 7.34. The first-order valence-electron chi connectivity index (χ1n) is 4.07. The molecule has 0 aliphatic carbocycles. The van der Waals surface area contributed by atoms with Crippen LogP contribution in [0.2, 0.25) is 0 Å². The summed E-state index contributed by atoms with van der Waals surface area (Å²) in [5.41, 5.74) is 7.59. The number of aromatic nitrogens is 3. The standard InChI is InChI=1S/C9H9N5/c10-9(11)7-5-13-14-8(7)6-2-1-3-12-4-6/h1-5H,(H3,10,11)(H,13,14). The van der Waals surface area contributed by atoms with Gasteiger partial charge in [0.05, 0.1) is 17.5 Å². The van der Waals surface area contributed by atoms with Gasteiger partial charge in [-0.3, -0.25) is 15.5 Å². The molecule has 0 unspecified atom stereocenters. The van der Waals surface area contributed by atoms with Crippen LogP contribution in [0.25, 0.3) is 11.3 Å². The van der Waals surface area contributed by atoms with Gasteiger partial charge in [-0.15, -0.1) is 0 Å². The molecule has 2 aromatic rings. The molecule has 0 atom stereocenters. The van der Waals surface area contributed by atoms with E-state index in [1.165, 1.54) is 6.20 Å². The van der Waals surface area contributed by atoms with Gasteiger partial charge in [-0.05, 0) is 12.1 Å². The number of nitrogens with two attached hydrogens (primary N) is 1. The molecule has 0 aliphatic rings. The molecule has 0 fully saturated rings. The van der Waals surface area contributed by atoms with Gasteiger partial charge in [0.2, 0.25) is 0 Å². The van der Waals surface area contributed by atoms with Crippen LogP contribution in [0.3, 0.4) is 0 Å². The van der Waals surface area contributed by atoms with Gasteiger partial charge in [0.15, 0.2) is 0 Å². The van der Waals surface area contributed by atoms with Crippen molar-refractivity contribution in [3.63, 3.8) is 0 Å². The topological polar surface area (TPSA) is 91.4 Å². The third-order valence-electron chi connectivity index (χ3n) is 1.88. The van der Waals surface area contributed by atoms with Gasteiger partial charge in [0, 0.05) is 18.0 Å². The molecule has 0 aromatic carbocycles. The van der Waals surface area contributed by atoms with Gasteiger partial charge in [0.25, 0.3) is 0 Å². The molecule has 2 rings (SSSR count). The van der Waals surface area contributed by atoms with Crippen molar-refractivity contribution in [3.8, 4) is 11.3 Å². The van der Waals surface area contributed by atoms with Gasteiger partial charge in [0.1, 0.15) is 5.84 Å². The highest BCUT2D eigenvalue weighted by Gasteiger charge is 2.09. The fourth-order valence-corrected chi connectivity index (χ4v) is 1.22. The number of pyridine rings is 1. The molecular weight excluding hydrogens is 178 g/mol. The predicted octanol–water partition coefficient (Wildman–Crippen LogP) is 0.756. The highest BCUT2D eigenvalue weighted by Crippen LogP contribution is 2.18. The van der Waals surface area contributed by atoms with Crippen molar-refractivity contribution in [2.24, 2.45) is 5.73 Å². The van der Waals surface area contributed by atoms with E-state index >= 15 is 0 Å². The highest BCUT2D eigenvalue weighted by atomic mass is 15.1. The molecule has 4 N–H and O–H groups in total. The molecule has 5 nitrogen and oxygen atoms in total. The molecule has 0 saturated carbocycles. The number of hydrogen-bond donors (Lipinski definition) is 3. The van der Waals surface area contributed by atoms with E-state index in [-0.39, 0.29) is 5.84 Å². The second-order valence-corrected chi connectivity index (χ2v) is 2.81. The van der Waals surface area contributed by atoms with E-state index in [1.54, 1.807) is 12.4 Å². The Bertz CT molecular complexity index is 445. The molecule has 0 bridgehead atoms. The second kappa shape index (κ2) is 3.29. The Kier molecular flexibility index (Phi) is 1.98. The lowest BCUT2D eigenvalue weighted by Gasteiger charge is -1.99. The minimum absolute atomic E-state index is 0.00222. The summed E-state index contributed by atoms with van der Waals surface area (Å²) in [6.07, 6.45) is 4.91. The summed E-state index contributed by atoms with van der Waals surface area (Å²) in [5, 5.41) is 14.0. The molecule has 2 aromatic heterocycles. The van der Waals surface area contributed by atoms with Crippen molar-refractivity contribution in [1.29, 1.82) is 5.41 Å². The molecular formula is C9H9N5. The predicted molar refractivity (Wildman–Crippen MR) is 52.8 cm³/mol. The van der Waals surface area contributed by atoms with Crippen molar-refractivity contribution < 1.29 is 0 Å². The number of amidine groups is 1. The maximum atomic E-state index is 7.34. The minimum atomic E-state index is -0.00222. The maximum Gasteiger partial charge on any atom is 0.126 e. The van der Waals surface area contributed by atoms with Crippen molar-refractivity contribution in [2.75, 3.05) is 0 Å². The van der Waals surface area contributed by atoms with E-state index in [2.05, 4.69) is 15.2 Å². The van der Waals surface area contributed by atoms with E-state index in [0.29, 0.717) is 5.56 Å².